The molecule has 19 heavy (non-hydrogen) atoms. The lowest BCUT2D eigenvalue weighted by Gasteiger charge is -2.34. The van der Waals surface area contributed by atoms with E-state index < -0.39 is 5.54 Å². The van der Waals surface area contributed by atoms with Gasteiger partial charge in [-0.1, -0.05) is 28.1 Å². The average Bonchev–Trinajstić information content (AvgIpc) is 2.85. The second kappa shape index (κ2) is 4.20. The van der Waals surface area contributed by atoms with Gasteiger partial charge in [0.15, 0.2) is 0 Å². The molecule has 1 aliphatic carbocycles. The first-order chi connectivity index (χ1) is 9.09. The Morgan fingerprint density at radius 3 is 3.11 bits per heavy atom. The Morgan fingerprint density at radius 2 is 2.37 bits per heavy atom. The number of hydrogen-bond donors (Lipinski definition) is 1. The van der Waals surface area contributed by atoms with Crippen LogP contribution in [0, 0.1) is 0 Å². The molecule has 1 spiro atoms. The molecule has 2 aliphatic rings. The van der Waals surface area contributed by atoms with Crippen LogP contribution in [-0.2, 0) is 12.0 Å². The summed E-state index contributed by atoms with van der Waals surface area (Å²) in [4.78, 5) is 17.7. The van der Waals surface area contributed by atoms with Gasteiger partial charge in [0.05, 0.1) is 0 Å². The lowest BCUT2D eigenvalue weighted by atomic mass is 9.89. The third-order valence-electron chi connectivity index (χ3n) is 3.91. The standard InChI is InChI=1S/C14H14BrN3O/c1-2-7-18-13(19)17-12(16)14(18)6-5-9-8-10(15)3-4-11(9)14/h2-4,8H,1,5-7H2,(H2,16,17,19). The Bertz CT molecular complexity index is 611. The number of nitrogens with zero attached hydrogens (tertiary/aromatic N) is 2. The van der Waals surface area contributed by atoms with E-state index in [1.165, 1.54) is 5.56 Å². The van der Waals surface area contributed by atoms with Crippen LogP contribution in [0.2, 0.25) is 0 Å². The van der Waals surface area contributed by atoms with E-state index in [2.05, 4.69) is 33.6 Å². The number of nitrogens with two attached hydrogens (primary N) is 1. The van der Waals surface area contributed by atoms with Crippen molar-refractivity contribution in [2.24, 2.45) is 10.7 Å². The first kappa shape index (κ1) is 12.4. The molecule has 1 unspecified atom stereocenters. The monoisotopic (exact) mass is 319 g/mol. The minimum absolute atomic E-state index is 0.270. The predicted octanol–water partition coefficient (Wildman–Crippen LogP) is 2.57. The number of aryl methyl sites for hydroxylation is 1. The van der Waals surface area contributed by atoms with Crippen molar-refractivity contribution in [3.63, 3.8) is 0 Å². The number of hydrogen-bond acceptors (Lipinski definition) is 2. The third kappa shape index (κ3) is 1.57. The number of halogens is 1. The van der Waals surface area contributed by atoms with Crippen LogP contribution in [0.4, 0.5) is 4.79 Å². The van der Waals surface area contributed by atoms with E-state index in [9.17, 15) is 4.79 Å². The SMILES string of the molecule is C=CCN1C(=O)N=C(N)C12CCc1cc(Br)ccc12. The molecule has 1 aromatic carbocycles. The van der Waals surface area contributed by atoms with Crippen molar-refractivity contribution >= 4 is 27.8 Å². The molecule has 3 rings (SSSR count). The van der Waals surface area contributed by atoms with Crippen molar-refractivity contribution < 1.29 is 4.79 Å². The van der Waals surface area contributed by atoms with Crippen LogP contribution in [0.25, 0.3) is 0 Å². The van der Waals surface area contributed by atoms with E-state index in [0.29, 0.717) is 12.4 Å². The highest BCUT2D eigenvalue weighted by atomic mass is 79.9. The van der Waals surface area contributed by atoms with Gasteiger partial charge >= 0.3 is 6.03 Å². The van der Waals surface area contributed by atoms with Crippen molar-refractivity contribution in [3.8, 4) is 0 Å². The van der Waals surface area contributed by atoms with Crippen molar-refractivity contribution in [1.82, 2.24) is 4.90 Å². The number of urea groups is 1. The molecule has 4 nitrogen and oxygen atoms in total. The molecule has 5 heteroatoms. The molecule has 0 saturated carbocycles. The molecule has 1 aliphatic heterocycles. The van der Waals surface area contributed by atoms with Crippen LogP contribution < -0.4 is 5.73 Å². The van der Waals surface area contributed by atoms with Crippen LogP contribution in [0.1, 0.15) is 17.5 Å². The van der Waals surface area contributed by atoms with Crippen LogP contribution in [0.3, 0.4) is 0 Å². The highest BCUT2D eigenvalue weighted by molar-refractivity contribution is 9.10. The number of benzene rings is 1. The topological polar surface area (TPSA) is 58.7 Å². The summed E-state index contributed by atoms with van der Waals surface area (Å²) in [5.74, 6) is 0.403. The maximum atomic E-state index is 12.0. The molecule has 0 fully saturated rings. The number of rotatable bonds is 2. The fraction of sp³-hybridized carbons (Fsp3) is 0.286. The fourth-order valence-electron chi connectivity index (χ4n) is 3.09. The Balaban J connectivity index is 2.17. The summed E-state index contributed by atoms with van der Waals surface area (Å²) in [7, 11) is 0. The lowest BCUT2D eigenvalue weighted by molar-refractivity contribution is 0.180. The molecule has 1 aromatic rings. The van der Waals surface area contributed by atoms with Crippen LogP contribution in [-0.4, -0.2) is 23.3 Å². The summed E-state index contributed by atoms with van der Waals surface area (Å²) >= 11 is 3.48. The van der Waals surface area contributed by atoms with Crippen molar-refractivity contribution in [3.05, 3.63) is 46.5 Å². The summed E-state index contributed by atoms with van der Waals surface area (Å²) in [6, 6.07) is 5.83. The van der Waals surface area contributed by atoms with Crippen LogP contribution >= 0.6 is 15.9 Å². The number of amidine groups is 1. The van der Waals surface area contributed by atoms with Crippen molar-refractivity contribution in [2.75, 3.05) is 6.54 Å². The maximum absolute atomic E-state index is 12.0. The normalized spacial score (nSPS) is 24.8. The van der Waals surface area contributed by atoms with E-state index in [0.717, 1.165) is 22.9 Å². The summed E-state index contributed by atoms with van der Waals surface area (Å²) in [5.41, 5.74) is 7.82. The van der Waals surface area contributed by atoms with Gasteiger partial charge in [0.2, 0.25) is 0 Å². The van der Waals surface area contributed by atoms with E-state index in [4.69, 9.17) is 5.73 Å². The Kier molecular flexibility index (Phi) is 2.74. The zero-order valence-electron chi connectivity index (χ0n) is 10.4. The van der Waals surface area contributed by atoms with Crippen LogP contribution in [0.15, 0.2) is 40.3 Å². The Morgan fingerprint density at radius 1 is 1.58 bits per heavy atom. The van der Waals surface area contributed by atoms with Gasteiger partial charge in [-0.05, 0) is 36.1 Å². The number of carbonyl (C=O) groups excluding carboxylic acids is 1. The number of fused-ring (bicyclic) bond motifs is 2. The summed E-state index contributed by atoms with van der Waals surface area (Å²) in [6.07, 6.45) is 3.39. The highest BCUT2D eigenvalue weighted by Gasteiger charge is 2.52. The molecule has 98 valence electrons. The molecular formula is C14H14BrN3O. The average molecular weight is 320 g/mol. The maximum Gasteiger partial charge on any atom is 0.346 e. The fourth-order valence-corrected chi connectivity index (χ4v) is 3.50. The van der Waals surface area contributed by atoms with Crippen LogP contribution in [0.5, 0.6) is 0 Å². The molecule has 1 heterocycles. The van der Waals surface area contributed by atoms with Gasteiger partial charge in [0.25, 0.3) is 0 Å². The molecular weight excluding hydrogens is 306 g/mol. The summed E-state index contributed by atoms with van der Waals surface area (Å²) in [5, 5.41) is 0. The molecule has 0 saturated heterocycles. The van der Waals surface area contributed by atoms with Gasteiger partial charge in [0, 0.05) is 11.0 Å². The smallest absolute Gasteiger partial charge is 0.346 e. The molecule has 0 bridgehead atoms. The Hall–Kier alpha value is -1.62. The molecule has 2 amide bonds. The van der Waals surface area contributed by atoms with E-state index in [-0.39, 0.29) is 6.03 Å². The lowest BCUT2D eigenvalue weighted by Crippen LogP contribution is -2.50. The zero-order valence-corrected chi connectivity index (χ0v) is 12.0. The van der Waals surface area contributed by atoms with Gasteiger partial charge in [-0.15, -0.1) is 6.58 Å². The predicted molar refractivity (Wildman–Crippen MR) is 78.1 cm³/mol. The van der Waals surface area contributed by atoms with Gasteiger partial charge < -0.3 is 10.6 Å². The number of aliphatic imine (C=N–C) groups is 1. The van der Waals surface area contributed by atoms with Gasteiger partial charge in [0.1, 0.15) is 11.4 Å². The third-order valence-corrected chi connectivity index (χ3v) is 4.41. The van der Waals surface area contributed by atoms with Gasteiger partial charge in [-0.3, -0.25) is 0 Å². The largest absolute Gasteiger partial charge is 0.385 e. The molecule has 0 radical (unpaired) electrons. The summed E-state index contributed by atoms with van der Waals surface area (Å²) in [6.45, 7) is 4.17. The van der Waals surface area contributed by atoms with Gasteiger partial charge in [-0.25, -0.2) is 4.79 Å². The minimum Gasteiger partial charge on any atom is -0.385 e. The van der Waals surface area contributed by atoms with E-state index >= 15 is 0 Å². The molecule has 2 N–H and O–H groups in total. The van der Waals surface area contributed by atoms with E-state index in [1.807, 2.05) is 12.1 Å². The second-order valence-electron chi connectivity index (χ2n) is 4.84. The number of carbonyl (C=O) groups is 1. The minimum atomic E-state index is -0.568. The van der Waals surface area contributed by atoms with E-state index in [1.54, 1.807) is 11.0 Å². The molecule has 1 atom stereocenters. The van der Waals surface area contributed by atoms with Gasteiger partial charge in [-0.2, -0.15) is 4.99 Å². The second-order valence-corrected chi connectivity index (χ2v) is 5.76. The first-order valence-corrected chi connectivity index (χ1v) is 6.95. The zero-order chi connectivity index (χ0) is 13.6. The van der Waals surface area contributed by atoms with Crippen molar-refractivity contribution in [1.29, 1.82) is 0 Å². The molecule has 0 aromatic heterocycles. The Labute approximate surface area is 120 Å². The van der Waals surface area contributed by atoms with Crippen molar-refractivity contribution in [2.45, 2.75) is 18.4 Å². The first-order valence-electron chi connectivity index (χ1n) is 6.15. The number of amides is 2. The summed E-state index contributed by atoms with van der Waals surface area (Å²) < 4.78 is 1.04. The quantitative estimate of drug-likeness (QED) is 0.852. The highest BCUT2D eigenvalue weighted by Crippen LogP contribution is 2.45.